The van der Waals surface area contributed by atoms with Crippen LogP contribution in [0.3, 0.4) is 0 Å². The molecule has 0 aliphatic rings. The van der Waals surface area contributed by atoms with Gasteiger partial charge in [-0.25, -0.2) is 15.8 Å². The number of nitrogen functional groups attached to an aromatic ring is 1. The lowest BCUT2D eigenvalue weighted by molar-refractivity contribution is 0.937. The average molecular weight is 191 g/mol. The third kappa shape index (κ3) is 1.52. The van der Waals surface area contributed by atoms with Crippen LogP contribution in [-0.2, 0) is 0 Å². The summed E-state index contributed by atoms with van der Waals surface area (Å²) < 4.78 is 0. The van der Waals surface area contributed by atoms with Gasteiger partial charge in [0.1, 0.15) is 11.5 Å². The maximum atomic E-state index is 5.26. The second-order valence-corrected chi connectivity index (χ2v) is 2.72. The maximum absolute atomic E-state index is 5.26. The normalized spacial score (nSPS) is 10.1. The van der Waals surface area contributed by atoms with Crippen molar-refractivity contribution < 1.29 is 0 Å². The fraction of sp³-hybridized carbons (Fsp3) is 0.143. The van der Waals surface area contributed by atoms with Crippen LogP contribution in [-0.4, -0.2) is 25.4 Å². The van der Waals surface area contributed by atoms with Crippen LogP contribution in [0.25, 0.3) is 11.5 Å². The Balaban J connectivity index is 2.48. The van der Waals surface area contributed by atoms with Gasteiger partial charge < -0.3 is 5.43 Å². The van der Waals surface area contributed by atoms with Crippen molar-refractivity contribution in [1.82, 2.24) is 25.4 Å². The first kappa shape index (κ1) is 8.57. The van der Waals surface area contributed by atoms with E-state index in [1.807, 2.05) is 6.92 Å². The predicted octanol–water partition coefficient (Wildman–Crippen LogP) is -0.144. The summed E-state index contributed by atoms with van der Waals surface area (Å²) in [6.45, 7) is 1.85. The van der Waals surface area contributed by atoms with Crippen molar-refractivity contribution in [2.75, 3.05) is 5.43 Å². The van der Waals surface area contributed by atoms with E-state index >= 15 is 0 Å². The number of rotatable bonds is 2. The minimum absolute atomic E-state index is 0.492. The molecular weight excluding hydrogens is 182 g/mol. The molecule has 14 heavy (non-hydrogen) atoms. The number of aryl methyl sites for hydroxylation is 1. The first-order valence-corrected chi connectivity index (χ1v) is 3.98. The molecule has 2 rings (SSSR count). The van der Waals surface area contributed by atoms with Gasteiger partial charge in [-0.1, -0.05) is 0 Å². The zero-order chi connectivity index (χ0) is 9.97. The quantitative estimate of drug-likeness (QED) is 0.450. The summed E-state index contributed by atoms with van der Waals surface area (Å²) in [5.41, 5.74) is 3.86. The molecule has 0 saturated heterocycles. The topological polar surface area (TPSA) is 105 Å². The molecule has 0 radical (unpaired) electrons. The first-order valence-electron chi connectivity index (χ1n) is 3.98. The molecule has 0 unspecified atom stereocenters. The summed E-state index contributed by atoms with van der Waals surface area (Å²) >= 11 is 0. The smallest absolute Gasteiger partial charge is 0.184 e. The lowest BCUT2D eigenvalue weighted by Crippen LogP contribution is -2.10. The molecule has 2 aromatic heterocycles. The highest BCUT2D eigenvalue weighted by atomic mass is 15.3. The van der Waals surface area contributed by atoms with Crippen molar-refractivity contribution in [3.05, 3.63) is 18.0 Å². The lowest BCUT2D eigenvalue weighted by atomic mass is 10.4. The molecule has 0 aliphatic heterocycles. The Morgan fingerprint density at radius 2 is 2.29 bits per heavy atom. The van der Waals surface area contributed by atoms with Crippen LogP contribution in [0.15, 0.2) is 12.3 Å². The molecule has 0 spiro atoms. The molecule has 0 amide bonds. The molecule has 2 aromatic rings. The van der Waals surface area contributed by atoms with E-state index in [1.54, 1.807) is 12.3 Å². The third-order valence-corrected chi connectivity index (χ3v) is 1.65. The summed E-state index contributed by atoms with van der Waals surface area (Å²) in [4.78, 5) is 8.32. The number of hydrazine groups is 1. The minimum Gasteiger partial charge on any atom is -0.308 e. The molecule has 4 N–H and O–H groups in total. The molecule has 0 bridgehead atoms. The van der Waals surface area contributed by atoms with Gasteiger partial charge in [-0.2, -0.15) is 15.4 Å². The number of hydrogen-bond donors (Lipinski definition) is 3. The average Bonchev–Trinajstić information content (AvgIpc) is 2.69. The Bertz CT molecular complexity index is 422. The van der Waals surface area contributed by atoms with E-state index in [0.717, 1.165) is 5.69 Å². The van der Waals surface area contributed by atoms with E-state index in [1.165, 1.54) is 0 Å². The van der Waals surface area contributed by atoms with Crippen LogP contribution in [0.5, 0.6) is 0 Å². The van der Waals surface area contributed by atoms with E-state index in [4.69, 9.17) is 5.84 Å². The number of aromatic amines is 1. The Morgan fingerprint density at radius 1 is 1.43 bits per heavy atom. The maximum Gasteiger partial charge on any atom is 0.184 e. The number of aromatic nitrogens is 5. The highest BCUT2D eigenvalue weighted by Crippen LogP contribution is 2.13. The number of nitrogens with zero attached hydrogens (tertiary/aromatic N) is 4. The number of hydrogen-bond acceptors (Lipinski definition) is 6. The van der Waals surface area contributed by atoms with Gasteiger partial charge in [0.15, 0.2) is 5.82 Å². The molecule has 7 heteroatoms. The molecule has 7 nitrogen and oxygen atoms in total. The summed E-state index contributed by atoms with van der Waals surface area (Å²) in [5.74, 6) is 6.30. The molecule has 0 saturated carbocycles. The molecule has 0 aromatic carbocycles. The molecular formula is C7H9N7. The van der Waals surface area contributed by atoms with Crippen LogP contribution in [0.2, 0.25) is 0 Å². The van der Waals surface area contributed by atoms with Crippen molar-refractivity contribution in [3.63, 3.8) is 0 Å². The Kier molecular flexibility index (Phi) is 2.07. The highest BCUT2D eigenvalue weighted by Gasteiger charge is 2.06. The van der Waals surface area contributed by atoms with Crippen molar-refractivity contribution >= 4 is 5.82 Å². The summed E-state index contributed by atoms with van der Waals surface area (Å²) in [6, 6.07) is 1.74. The van der Waals surface area contributed by atoms with E-state index in [0.29, 0.717) is 17.3 Å². The lowest BCUT2D eigenvalue weighted by Gasteiger charge is -2.01. The second kappa shape index (κ2) is 3.38. The van der Waals surface area contributed by atoms with Gasteiger partial charge in [-0.15, -0.1) is 0 Å². The highest BCUT2D eigenvalue weighted by molar-refractivity contribution is 5.50. The number of anilines is 1. The van der Waals surface area contributed by atoms with E-state index in [2.05, 4.69) is 30.8 Å². The SMILES string of the molecule is Cc1cc(NN)nc(-c2cn[nH]n2)n1. The zero-order valence-corrected chi connectivity index (χ0v) is 7.52. The van der Waals surface area contributed by atoms with Crippen LogP contribution in [0, 0.1) is 6.92 Å². The summed E-state index contributed by atoms with van der Waals surface area (Å²) in [6.07, 6.45) is 1.55. The van der Waals surface area contributed by atoms with Crippen LogP contribution in [0.1, 0.15) is 5.69 Å². The van der Waals surface area contributed by atoms with E-state index in [-0.39, 0.29) is 0 Å². The number of nitrogens with two attached hydrogens (primary N) is 1. The fourth-order valence-corrected chi connectivity index (χ4v) is 1.07. The van der Waals surface area contributed by atoms with Crippen molar-refractivity contribution in [1.29, 1.82) is 0 Å². The monoisotopic (exact) mass is 191 g/mol. The Morgan fingerprint density at radius 3 is 2.93 bits per heavy atom. The molecule has 0 atom stereocenters. The number of nitrogens with one attached hydrogen (secondary N) is 2. The minimum atomic E-state index is 0.492. The predicted molar refractivity (Wildman–Crippen MR) is 50.0 cm³/mol. The Hall–Kier alpha value is -2.02. The summed E-state index contributed by atoms with van der Waals surface area (Å²) in [5, 5.41) is 10.0. The van der Waals surface area contributed by atoms with E-state index < -0.39 is 0 Å². The third-order valence-electron chi connectivity index (χ3n) is 1.65. The Labute approximate surface area is 79.7 Å². The molecule has 2 heterocycles. The van der Waals surface area contributed by atoms with Gasteiger partial charge in [0, 0.05) is 11.8 Å². The van der Waals surface area contributed by atoms with Crippen molar-refractivity contribution in [2.24, 2.45) is 5.84 Å². The van der Waals surface area contributed by atoms with Crippen LogP contribution in [0.4, 0.5) is 5.82 Å². The standard InChI is InChI=1S/C7H9N7/c1-4-2-6(12-8)11-7(10-4)5-3-9-14-13-5/h2-3H,8H2,1H3,(H,9,13,14)(H,10,11,12). The van der Waals surface area contributed by atoms with E-state index in [9.17, 15) is 0 Å². The van der Waals surface area contributed by atoms with Gasteiger partial charge in [-0.05, 0) is 6.92 Å². The van der Waals surface area contributed by atoms with Crippen molar-refractivity contribution in [3.8, 4) is 11.5 Å². The largest absolute Gasteiger partial charge is 0.308 e. The second-order valence-electron chi connectivity index (χ2n) is 2.72. The summed E-state index contributed by atoms with van der Waals surface area (Å²) in [7, 11) is 0. The molecule has 0 aliphatic carbocycles. The van der Waals surface area contributed by atoms with Gasteiger partial charge in [0.2, 0.25) is 0 Å². The van der Waals surface area contributed by atoms with Gasteiger partial charge in [0.25, 0.3) is 0 Å². The fourth-order valence-electron chi connectivity index (χ4n) is 1.07. The molecule has 72 valence electrons. The van der Waals surface area contributed by atoms with Gasteiger partial charge in [0.05, 0.1) is 6.20 Å². The first-order chi connectivity index (χ1) is 6.79. The van der Waals surface area contributed by atoms with Gasteiger partial charge in [-0.3, -0.25) is 0 Å². The molecule has 0 fully saturated rings. The van der Waals surface area contributed by atoms with Crippen molar-refractivity contribution in [2.45, 2.75) is 6.92 Å². The number of H-pyrrole nitrogens is 1. The van der Waals surface area contributed by atoms with Crippen LogP contribution >= 0.6 is 0 Å². The van der Waals surface area contributed by atoms with Crippen LogP contribution < -0.4 is 11.3 Å². The van der Waals surface area contributed by atoms with Gasteiger partial charge >= 0.3 is 0 Å². The zero-order valence-electron chi connectivity index (χ0n) is 7.52.